The fraction of sp³-hybridized carbons (Fsp3) is 0.167. The van der Waals surface area contributed by atoms with Crippen LogP contribution in [0.3, 0.4) is 0 Å². The van der Waals surface area contributed by atoms with Crippen molar-refractivity contribution in [3.63, 3.8) is 0 Å². The first-order valence-corrected chi connectivity index (χ1v) is 5.52. The van der Waals surface area contributed by atoms with Crippen molar-refractivity contribution in [1.29, 1.82) is 0 Å². The van der Waals surface area contributed by atoms with Crippen LogP contribution in [-0.4, -0.2) is 0 Å². The van der Waals surface area contributed by atoms with Gasteiger partial charge in [0, 0.05) is 6.42 Å². The van der Waals surface area contributed by atoms with E-state index >= 15 is 0 Å². The summed E-state index contributed by atoms with van der Waals surface area (Å²) in [7, 11) is 0. The molecule has 0 bridgehead atoms. The number of benzene rings is 1. The monoisotopic (exact) mass is 254 g/mol. The molecule has 0 aliphatic carbocycles. The fourth-order valence-corrected chi connectivity index (χ4v) is 1.94. The number of hydrazine groups is 1. The number of nitrogens with two attached hydrogens (primary N) is 1. The number of nitrogens with one attached hydrogen (secondary N) is 1. The first-order valence-electron chi connectivity index (χ1n) is 5.14. The lowest BCUT2D eigenvalue weighted by Gasteiger charge is -2.16. The van der Waals surface area contributed by atoms with E-state index in [9.17, 15) is 4.39 Å². The first-order chi connectivity index (χ1) is 8.22. The Morgan fingerprint density at radius 2 is 2.18 bits per heavy atom. The van der Waals surface area contributed by atoms with E-state index in [0.29, 0.717) is 12.0 Å². The van der Waals surface area contributed by atoms with Gasteiger partial charge < -0.3 is 4.42 Å². The minimum atomic E-state index is -0.455. The van der Waals surface area contributed by atoms with Crippen LogP contribution in [-0.2, 0) is 6.42 Å². The average Bonchev–Trinajstić information content (AvgIpc) is 2.83. The van der Waals surface area contributed by atoms with Crippen LogP contribution in [0.4, 0.5) is 4.39 Å². The molecule has 0 spiro atoms. The van der Waals surface area contributed by atoms with Crippen molar-refractivity contribution in [2.75, 3.05) is 0 Å². The third-order valence-corrected chi connectivity index (χ3v) is 2.94. The molecule has 17 heavy (non-hydrogen) atoms. The molecule has 0 saturated carbocycles. The standard InChI is InChI=1S/C12H12ClFN2O/c13-12-9(4-1-5-10(12)14)11(16-15)7-8-3-2-6-17-8/h1-6,11,16H,7,15H2. The van der Waals surface area contributed by atoms with Gasteiger partial charge in [0.15, 0.2) is 0 Å². The molecule has 2 aromatic rings. The van der Waals surface area contributed by atoms with Crippen LogP contribution in [0, 0.1) is 5.82 Å². The maximum atomic E-state index is 13.3. The largest absolute Gasteiger partial charge is 0.469 e. The molecule has 1 aromatic heterocycles. The predicted octanol–water partition coefficient (Wildman–Crippen LogP) is 2.82. The Kier molecular flexibility index (Phi) is 3.78. The van der Waals surface area contributed by atoms with Gasteiger partial charge in [0.2, 0.25) is 0 Å². The van der Waals surface area contributed by atoms with E-state index in [2.05, 4.69) is 5.43 Å². The second-order valence-electron chi connectivity index (χ2n) is 3.65. The van der Waals surface area contributed by atoms with Gasteiger partial charge in [-0.25, -0.2) is 4.39 Å². The predicted molar refractivity (Wildman–Crippen MR) is 63.9 cm³/mol. The fourth-order valence-electron chi connectivity index (χ4n) is 1.68. The third-order valence-electron chi connectivity index (χ3n) is 2.54. The lowest BCUT2D eigenvalue weighted by molar-refractivity contribution is 0.453. The molecular weight excluding hydrogens is 243 g/mol. The first kappa shape index (κ1) is 12.1. The van der Waals surface area contributed by atoms with Gasteiger partial charge in [0.1, 0.15) is 11.6 Å². The quantitative estimate of drug-likeness (QED) is 0.652. The van der Waals surface area contributed by atoms with E-state index in [0.717, 1.165) is 5.76 Å². The van der Waals surface area contributed by atoms with Gasteiger partial charge in [-0.3, -0.25) is 11.3 Å². The normalized spacial score (nSPS) is 12.6. The van der Waals surface area contributed by atoms with Crippen molar-refractivity contribution < 1.29 is 8.81 Å². The highest BCUT2D eigenvalue weighted by Gasteiger charge is 2.17. The molecule has 3 nitrogen and oxygen atoms in total. The second kappa shape index (κ2) is 5.31. The van der Waals surface area contributed by atoms with Crippen molar-refractivity contribution in [3.8, 4) is 0 Å². The average molecular weight is 255 g/mol. The Morgan fingerprint density at radius 3 is 2.82 bits per heavy atom. The molecule has 1 unspecified atom stereocenters. The summed E-state index contributed by atoms with van der Waals surface area (Å²) < 4.78 is 18.6. The Morgan fingerprint density at radius 1 is 1.35 bits per heavy atom. The molecule has 90 valence electrons. The molecular formula is C12H12ClFN2O. The second-order valence-corrected chi connectivity index (χ2v) is 4.02. The van der Waals surface area contributed by atoms with Crippen LogP contribution < -0.4 is 11.3 Å². The highest BCUT2D eigenvalue weighted by molar-refractivity contribution is 6.31. The number of hydrogen-bond donors (Lipinski definition) is 2. The van der Waals surface area contributed by atoms with Gasteiger partial charge >= 0.3 is 0 Å². The summed E-state index contributed by atoms with van der Waals surface area (Å²) in [4.78, 5) is 0. The Balaban J connectivity index is 2.26. The maximum absolute atomic E-state index is 13.3. The summed E-state index contributed by atoms with van der Waals surface area (Å²) in [6, 6.07) is 7.98. The van der Waals surface area contributed by atoms with Crippen LogP contribution in [0.5, 0.6) is 0 Å². The Hall–Kier alpha value is -1.36. The number of hydrogen-bond acceptors (Lipinski definition) is 3. The Labute approximate surface area is 103 Å². The smallest absolute Gasteiger partial charge is 0.142 e. The molecule has 0 saturated heterocycles. The molecule has 2 rings (SSSR count). The molecule has 1 atom stereocenters. The molecule has 0 amide bonds. The lowest BCUT2D eigenvalue weighted by atomic mass is 10.0. The summed E-state index contributed by atoms with van der Waals surface area (Å²) in [6.45, 7) is 0. The van der Waals surface area contributed by atoms with Gasteiger partial charge in [-0.15, -0.1) is 0 Å². The van der Waals surface area contributed by atoms with Crippen LogP contribution in [0.15, 0.2) is 41.0 Å². The SMILES string of the molecule is NNC(Cc1ccco1)c1cccc(F)c1Cl. The highest BCUT2D eigenvalue weighted by atomic mass is 35.5. The maximum Gasteiger partial charge on any atom is 0.142 e. The number of rotatable bonds is 4. The molecule has 0 aliphatic rings. The molecule has 3 N–H and O–H groups in total. The summed E-state index contributed by atoms with van der Waals surface area (Å²) in [5.74, 6) is 5.77. The molecule has 0 fully saturated rings. The van der Waals surface area contributed by atoms with Crippen molar-refractivity contribution >= 4 is 11.6 Å². The third kappa shape index (κ3) is 2.66. The van der Waals surface area contributed by atoms with Crippen LogP contribution in [0.25, 0.3) is 0 Å². The number of furan rings is 1. The van der Waals surface area contributed by atoms with Crippen LogP contribution in [0.2, 0.25) is 5.02 Å². The van der Waals surface area contributed by atoms with E-state index in [-0.39, 0.29) is 11.1 Å². The van der Waals surface area contributed by atoms with E-state index in [1.165, 1.54) is 6.07 Å². The van der Waals surface area contributed by atoms with Gasteiger partial charge in [-0.05, 0) is 23.8 Å². The summed E-state index contributed by atoms with van der Waals surface area (Å²) >= 11 is 5.91. The van der Waals surface area contributed by atoms with Gasteiger partial charge in [0.25, 0.3) is 0 Å². The zero-order chi connectivity index (χ0) is 12.3. The molecule has 0 aliphatic heterocycles. The van der Waals surface area contributed by atoms with Crippen molar-refractivity contribution in [1.82, 2.24) is 5.43 Å². The van der Waals surface area contributed by atoms with E-state index in [4.69, 9.17) is 21.9 Å². The zero-order valence-corrected chi connectivity index (χ0v) is 9.75. The zero-order valence-electron chi connectivity index (χ0n) is 8.99. The lowest BCUT2D eigenvalue weighted by Crippen LogP contribution is -2.29. The molecule has 1 aromatic carbocycles. The van der Waals surface area contributed by atoms with Crippen LogP contribution >= 0.6 is 11.6 Å². The van der Waals surface area contributed by atoms with Crippen molar-refractivity contribution in [2.24, 2.45) is 5.84 Å². The Bertz CT molecular complexity index is 487. The molecule has 5 heteroatoms. The van der Waals surface area contributed by atoms with Gasteiger partial charge in [0.05, 0.1) is 17.3 Å². The summed E-state index contributed by atoms with van der Waals surface area (Å²) in [5, 5.41) is 0.0852. The highest BCUT2D eigenvalue weighted by Crippen LogP contribution is 2.27. The van der Waals surface area contributed by atoms with Crippen molar-refractivity contribution in [2.45, 2.75) is 12.5 Å². The number of halogens is 2. The molecule has 0 radical (unpaired) electrons. The van der Waals surface area contributed by atoms with E-state index < -0.39 is 5.82 Å². The summed E-state index contributed by atoms with van der Waals surface area (Å²) in [5.41, 5.74) is 3.23. The minimum absolute atomic E-state index is 0.0852. The van der Waals surface area contributed by atoms with E-state index in [1.54, 1.807) is 24.5 Å². The summed E-state index contributed by atoms with van der Waals surface area (Å²) in [6.07, 6.45) is 2.09. The van der Waals surface area contributed by atoms with Crippen LogP contribution in [0.1, 0.15) is 17.4 Å². The van der Waals surface area contributed by atoms with Gasteiger partial charge in [-0.2, -0.15) is 0 Å². The van der Waals surface area contributed by atoms with Crippen molar-refractivity contribution in [3.05, 3.63) is 58.8 Å². The minimum Gasteiger partial charge on any atom is -0.469 e. The van der Waals surface area contributed by atoms with E-state index in [1.807, 2.05) is 6.07 Å². The molecule has 1 heterocycles. The topological polar surface area (TPSA) is 51.2 Å². The van der Waals surface area contributed by atoms with Gasteiger partial charge in [-0.1, -0.05) is 23.7 Å².